The predicted molar refractivity (Wildman–Crippen MR) is 71.1 cm³/mol. The van der Waals surface area contributed by atoms with Gasteiger partial charge in [-0.15, -0.1) is 0 Å². The molecule has 0 aliphatic carbocycles. The molecule has 3 rings (SSSR count). The van der Waals surface area contributed by atoms with Crippen molar-refractivity contribution in [1.82, 2.24) is 20.3 Å². The standard InChI is InChI=1S/C13H15N5O/c1-2-10(11-8-15-6-7-19-11)17-12(3-1)18-13-9-14-4-5-16-13/h1-5,9,11,15H,6-8H2,(H,16,17,18). The number of aromatic nitrogens is 3. The summed E-state index contributed by atoms with van der Waals surface area (Å²) in [7, 11) is 0. The molecule has 98 valence electrons. The molecule has 2 aromatic rings. The van der Waals surface area contributed by atoms with E-state index in [0.717, 1.165) is 24.6 Å². The van der Waals surface area contributed by atoms with Gasteiger partial charge in [-0.2, -0.15) is 0 Å². The molecular formula is C13H15N5O. The van der Waals surface area contributed by atoms with Gasteiger partial charge >= 0.3 is 0 Å². The van der Waals surface area contributed by atoms with Crippen molar-refractivity contribution in [3.05, 3.63) is 42.5 Å². The third-order valence-electron chi connectivity index (χ3n) is 2.85. The summed E-state index contributed by atoms with van der Waals surface area (Å²) in [5, 5.41) is 6.42. The monoisotopic (exact) mass is 257 g/mol. The first-order valence-electron chi connectivity index (χ1n) is 6.24. The van der Waals surface area contributed by atoms with Gasteiger partial charge in [-0.3, -0.25) is 4.98 Å². The molecule has 6 heteroatoms. The first-order valence-corrected chi connectivity index (χ1v) is 6.24. The molecule has 2 aromatic heterocycles. The number of hydrogen-bond acceptors (Lipinski definition) is 6. The highest BCUT2D eigenvalue weighted by atomic mass is 16.5. The summed E-state index contributed by atoms with van der Waals surface area (Å²) >= 11 is 0. The van der Waals surface area contributed by atoms with E-state index >= 15 is 0 Å². The summed E-state index contributed by atoms with van der Waals surface area (Å²) in [6.07, 6.45) is 4.95. The van der Waals surface area contributed by atoms with E-state index in [9.17, 15) is 0 Å². The molecule has 19 heavy (non-hydrogen) atoms. The van der Waals surface area contributed by atoms with Crippen molar-refractivity contribution in [3.8, 4) is 0 Å². The number of nitrogens with one attached hydrogen (secondary N) is 2. The van der Waals surface area contributed by atoms with Gasteiger partial charge in [-0.1, -0.05) is 6.07 Å². The van der Waals surface area contributed by atoms with Crippen molar-refractivity contribution >= 4 is 11.6 Å². The van der Waals surface area contributed by atoms with Crippen LogP contribution in [-0.4, -0.2) is 34.6 Å². The van der Waals surface area contributed by atoms with E-state index in [1.807, 2.05) is 18.2 Å². The summed E-state index contributed by atoms with van der Waals surface area (Å²) in [6, 6.07) is 5.83. The Bertz CT molecular complexity index is 528. The Morgan fingerprint density at radius 3 is 3.05 bits per heavy atom. The summed E-state index contributed by atoms with van der Waals surface area (Å²) in [4.78, 5) is 12.7. The molecule has 0 saturated carbocycles. The molecule has 0 radical (unpaired) electrons. The van der Waals surface area contributed by atoms with E-state index in [4.69, 9.17) is 4.74 Å². The number of ether oxygens (including phenoxy) is 1. The van der Waals surface area contributed by atoms with Crippen LogP contribution in [0.4, 0.5) is 11.6 Å². The van der Waals surface area contributed by atoms with Crippen LogP contribution in [0.1, 0.15) is 11.8 Å². The second-order valence-electron chi connectivity index (χ2n) is 4.23. The summed E-state index contributed by atoms with van der Waals surface area (Å²) in [6.45, 7) is 2.41. The molecular weight excluding hydrogens is 242 g/mol. The Labute approximate surface area is 111 Å². The zero-order chi connectivity index (χ0) is 12.9. The van der Waals surface area contributed by atoms with E-state index in [1.165, 1.54) is 0 Å². The van der Waals surface area contributed by atoms with Crippen molar-refractivity contribution in [2.45, 2.75) is 6.10 Å². The van der Waals surface area contributed by atoms with Crippen LogP contribution >= 0.6 is 0 Å². The van der Waals surface area contributed by atoms with Crippen LogP contribution in [0.25, 0.3) is 0 Å². The Kier molecular flexibility index (Phi) is 3.62. The predicted octanol–water partition coefficient (Wildman–Crippen LogP) is 1.28. The lowest BCUT2D eigenvalue weighted by Crippen LogP contribution is -2.33. The summed E-state index contributed by atoms with van der Waals surface area (Å²) in [5.41, 5.74) is 0.918. The minimum absolute atomic E-state index is 0.0114. The van der Waals surface area contributed by atoms with Gasteiger partial charge < -0.3 is 15.4 Å². The normalized spacial score (nSPS) is 19.1. The fraction of sp³-hybridized carbons (Fsp3) is 0.308. The van der Waals surface area contributed by atoms with Crippen LogP contribution < -0.4 is 10.6 Å². The maximum Gasteiger partial charge on any atom is 0.150 e. The smallest absolute Gasteiger partial charge is 0.150 e. The maximum absolute atomic E-state index is 5.69. The number of morpholine rings is 1. The van der Waals surface area contributed by atoms with Gasteiger partial charge in [0.05, 0.1) is 18.5 Å². The first kappa shape index (κ1) is 12.0. The highest BCUT2D eigenvalue weighted by Crippen LogP contribution is 2.19. The van der Waals surface area contributed by atoms with Crippen molar-refractivity contribution in [2.75, 3.05) is 25.0 Å². The van der Waals surface area contributed by atoms with Crippen LogP contribution in [0.2, 0.25) is 0 Å². The van der Waals surface area contributed by atoms with Crippen LogP contribution in [0.15, 0.2) is 36.8 Å². The van der Waals surface area contributed by atoms with Crippen LogP contribution in [0, 0.1) is 0 Å². The fourth-order valence-electron chi connectivity index (χ4n) is 1.95. The number of nitrogens with zero attached hydrogens (tertiary/aromatic N) is 3. The van der Waals surface area contributed by atoms with Gasteiger partial charge in [-0.05, 0) is 12.1 Å². The lowest BCUT2D eigenvalue weighted by atomic mass is 10.2. The summed E-state index contributed by atoms with van der Waals surface area (Å²) < 4.78 is 5.69. The van der Waals surface area contributed by atoms with E-state index < -0.39 is 0 Å². The molecule has 6 nitrogen and oxygen atoms in total. The second-order valence-corrected chi connectivity index (χ2v) is 4.23. The molecule has 0 spiro atoms. The van der Waals surface area contributed by atoms with E-state index in [0.29, 0.717) is 12.4 Å². The SMILES string of the molecule is c1cc(Nc2cnccn2)nc(C2CNCCO2)c1. The number of pyridine rings is 1. The first-order chi connectivity index (χ1) is 9.42. The van der Waals surface area contributed by atoms with E-state index in [1.54, 1.807) is 18.6 Å². The molecule has 0 bridgehead atoms. The molecule has 1 aliphatic rings. The molecule has 1 aliphatic heterocycles. The number of rotatable bonds is 3. The zero-order valence-electron chi connectivity index (χ0n) is 10.4. The molecule has 2 N–H and O–H groups in total. The van der Waals surface area contributed by atoms with Crippen LogP contribution in [-0.2, 0) is 4.74 Å². The van der Waals surface area contributed by atoms with Gasteiger partial charge in [0.25, 0.3) is 0 Å². The molecule has 0 amide bonds. The van der Waals surface area contributed by atoms with Crippen molar-refractivity contribution < 1.29 is 4.74 Å². The lowest BCUT2D eigenvalue weighted by Gasteiger charge is -2.23. The fourth-order valence-corrected chi connectivity index (χ4v) is 1.95. The topological polar surface area (TPSA) is 72.0 Å². The lowest BCUT2D eigenvalue weighted by molar-refractivity contribution is 0.0251. The van der Waals surface area contributed by atoms with Crippen molar-refractivity contribution in [2.24, 2.45) is 0 Å². The molecule has 0 aromatic carbocycles. The average molecular weight is 257 g/mol. The Balaban J connectivity index is 1.76. The highest BCUT2D eigenvalue weighted by molar-refractivity contribution is 5.50. The maximum atomic E-state index is 5.69. The molecule has 1 fully saturated rings. The Morgan fingerprint density at radius 2 is 2.26 bits per heavy atom. The second kappa shape index (κ2) is 5.73. The third-order valence-corrected chi connectivity index (χ3v) is 2.85. The van der Waals surface area contributed by atoms with Gasteiger partial charge in [0.2, 0.25) is 0 Å². The van der Waals surface area contributed by atoms with Gasteiger partial charge in [0.15, 0.2) is 0 Å². The van der Waals surface area contributed by atoms with E-state index in [2.05, 4.69) is 25.6 Å². The zero-order valence-corrected chi connectivity index (χ0v) is 10.4. The van der Waals surface area contributed by atoms with Crippen LogP contribution in [0.5, 0.6) is 0 Å². The third kappa shape index (κ3) is 3.04. The van der Waals surface area contributed by atoms with Crippen molar-refractivity contribution in [1.29, 1.82) is 0 Å². The number of hydrogen-bond donors (Lipinski definition) is 2. The van der Waals surface area contributed by atoms with Gasteiger partial charge in [0.1, 0.15) is 17.7 Å². The number of anilines is 2. The van der Waals surface area contributed by atoms with Crippen LogP contribution in [0.3, 0.4) is 0 Å². The average Bonchev–Trinajstić information content (AvgIpc) is 2.49. The minimum atomic E-state index is 0.0114. The molecule has 1 atom stereocenters. The Morgan fingerprint density at radius 1 is 1.26 bits per heavy atom. The van der Waals surface area contributed by atoms with Crippen molar-refractivity contribution in [3.63, 3.8) is 0 Å². The largest absolute Gasteiger partial charge is 0.369 e. The summed E-state index contributed by atoms with van der Waals surface area (Å²) in [5.74, 6) is 1.42. The van der Waals surface area contributed by atoms with Gasteiger partial charge in [-0.25, -0.2) is 9.97 Å². The van der Waals surface area contributed by atoms with E-state index in [-0.39, 0.29) is 6.10 Å². The van der Waals surface area contributed by atoms with Gasteiger partial charge in [0, 0.05) is 25.5 Å². The molecule has 3 heterocycles. The minimum Gasteiger partial charge on any atom is -0.369 e. The highest BCUT2D eigenvalue weighted by Gasteiger charge is 2.17. The molecule has 1 saturated heterocycles. The Hall–Kier alpha value is -2.05. The molecule has 1 unspecified atom stereocenters. The quantitative estimate of drug-likeness (QED) is 0.863.